The van der Waals surface area contributed by atoms with Crippen LogP contribution in [0.5, 0.6) is 0 Å². The lowest BCUT2D eigenvalue weighted by atomic mass is 9.92. The highest BCUT2D eigenvalue weighted by Crippen LogP contribution is 2.44. The first-order chi connectivity index (χ1) is 9.75. The van der Waals surface area contributed by atoms with E-state index in [1.165, 1.54) is 0 Å². The third kappa shape index (κ3) is 1.00. The fourth-order valence-corrected chi connectivity index (χ4v) is 3.23. The molecule has 0 saturated carbocycles. The van der Waals surface area contributed by atoms with Gasteiger partial charge in [0.2, 0.25) is 0 Å². The van der Waals surface area contributed by atoms with E-state index in [1.54, 1.807) is 0 Å². The normalized spacial score (nSPS) is 12.4. The molecule has 0 saturated heterocycles. The van der Waals surface area contributed by atoms with Crippen molar-refractivity contribution in [2.45, 2.75) is 0 Å². The van der Waals surface area contributed by atoms with Crippen LogP contribution in [0.3, 0.4) is 0 Å². The zero-order valence-electron chi connectivity index (χ0n) is 10.3. The number of rotatable bonds is 1. The number of fused-ring (bicyclic) bond motifs is 2. The van der Waals surface area contributed by atoms with E-state index < -0.39 is 5.97 Å². The molecule has 94 valence electrons. The number of benzene rings is 4. The number of hydrogen-bond acceptors (Lipinski definition) is 2. The van der Waals surface area contributed by atoms with Gasteiger partial charge in [0.1, 0.15) is 5.56 Å². The number of hydrogen-bond donors (Lipinski definition) is 1. The smallest absolute Gasteiger partial charge is 0.340 e. The molecule has 1 aromatic heterocycles. The van der Waals surface area contributed by atoms with Crippen molar-refractivity contribution in [1.82, 2.24) is 0 Å². The van der Waals surface area contributed by atoms with Gasteiger partial charge in [-0.25, -0.2) is 4.79 Å². The van der Waals surface area contributed by atoms with Gasteiger partial charge in [-0.3, -0.25) is 0 Å². The largest absolute Gasteiger partial charge is 0.478 e. The Morgan fingerprint density at radius 1 is 0.850 bits per heavy atom. The van der Waals surface area contributed by atoms with Crippen molar-refractivity contribution in [3.8, 4) is 0 Å². The maximum absolute atomic E-state index is 11.5. The van der Waals surface area contributed by atoms with E-state index in [4.69, 9.17) is 4.42 Å². The van der Waals surface area contributed by atoms with E-state index in [1.807, 2.05) is 36.4 Å². The molecule has 5 rings (SSSR count). The fourth-order valence-electron chi connectivity index (χ4n) is 3.23. The summed E-state index contributed by atoms with van der Waals surface area (Å²) in [6.45, 7) is 0. The summed E-state index contributed by atoms with van der Waals surface area (Å²) in [7, 11) is 0. The first-order valence-electron chi connectivity index (χ1n) is 6.40. The van der Waals surface area contributed by atoms with Crippen LogP contribution in [0.1, 0.15) is 10.4 Å². The maximum atomic E-state index is 11.5. The van der Waals surface area contributed by atoms with Crippen molar-refractivity contribution in [3.05, 3.63) is 48.0 Å². The minimum atomic E-state index is -0.934. The number of aromatic carboxylic acids is 1. The summed E-state index contributed by atoms with van der Waals surface area (Å²) < 4.78 is 5.44. The molecule has 0 aliphatic carbocycles. The van der Waals surface area contributed by atoms with E-state index in [0.717, 1.165) is 32.3 Å². The Bertz CT molecular complexity index is 1100. The predicted molar refractivity (Wildman–Crippen MR) is 78.1 cm³/mol. The lowest BCUT2D eigenvalue weighted by Gasteiger charge is -2.09. The highest BCUT2D eigenvalue weighted by Gasteiger charge is 2.26. The molecule has 1 heterocycles. The topological polar surface area (TPSA) is 50.4 Å². The predicted octanol–water partition coefficient (Wildman–Crippen LogP) is 4.47. The standard InChI is InChI=1S/C17H8O3/c18-17(19)14-10-6-4-8-2-1-3-9-5-7-11(13(10)12(8)9)15-16(14)20-15/h1-7H,(H,18,19). The van der Waals surface area contributed by atoms with Gasteiger partial charge in [0.25, 0.3) is 0 Å². The molecule has 1 N–H and O–H groups in total. The van der Waals surface area contributed by atoms with Crippen LogP contribution in [0.4, 0.5) is 0 Å². The van der Waals surface area contributed by atoms with Crippen LogP contribution in [-0.2, 0) is 0 Å². The zero-order chi connectivity index (χ0) is 13.4. The van der Waals surface area contributed by atoms with Crippen molar-refractivity contribution in [2.24, 2.45) is 0 Å². The average molecular weight is 260 g/mol. The SMILES string of the molecule is O=C(O)c1c2ccc3cccc4ccc(c5oc15)c2c34. The van der Waals surface area contributed by atoms with Gasteiger partial charge in [-0.1, -0.05) is 36.4 Å². The minimum Gasteiger partial charge on any atom is -0.478 e. The molecule has 4 aromatic carbocycles. The Labute approximate surface area is 112 Å². The first kappa shape index (κ1) is 10.0. The molecular weight excluding hydrogens is 252 g/mol. The minimum absolute atomic E-state index is 0.283. The van der Waals surface area contributed by atoms with Crippen LogP contribution < -0.4 is 0 Å². The second-order valence-electron chi connectivity index (χ2n) is 5.12. The summed E-state index contributed by atoms with van der Waals surface area (Å²) in [5, 5.41) is 15.6. The molecular formula is C17H8O3. The van der Waals surface area contributed by atoms with Gasteiger partial charge in [-0.15, -0.1) is 0 Å². The van der Waals surface area contributed by atoms with Gasteiger partial charge < -0.3 is 9.52 Å². The van der Waals surface area contributed by atoms with Crippen molar-refractivity contribution in [3.63, 3.8) is 0 Å². The zero-order valence-corrected chi connectivity index (χ0v) is 10.3. The van der Waals surface area contributed by atoms with E-state index >= 15 is 0 Å². The summed E-state index contributed by atoms with van der Waals surface area (Å²) >= 11 is 0. The van der Waals surface area contributed by atoms with Gasteiger partial charge in [0, 0.05) is 16.2 Å². The molecule has 0 unspecified atom stereocenters. The Hall–Kier alpha value is -2.81. The van der Waals surface area contributed by atoms with E-state index in [2.05, 4.69) is 6.07 Å². The molecule has 0 aliphatic rings. The number of carbonyl (C=O) groups is 1. The lowest BCUT2D eigenvalue weighted by molar-refractivity contribution is 0.0701. The van der Waals surface area contributed by atoms with Crippen LogP contribution in [0, 0.1) is 0 Å². The third-order valence-electron chi connectivity index (χ3n) is 4.10. The Balaban J connectivity index is 2.22. The van der Waals surface area contributed by atoms with Crippen molar-refractivity contribution in [2.75, 3.05) is 0 Å². The van der Waals surface area contributed by atoms with Gasteiger partial charge in [0.05, 0.1) is 0 Å². The molecule has 0 bridgehead atoms. The molecule has 0 fully saturated rings. The van der Waals surface area contributed by atoms with Gasteiger partial charge in [-0.05, 0) is 22.2 Å². The Morgan fingerprint density at radius 2 is 1.55 bits per heavy atom. The quantitative estimate of drug-likeness (QED) is 0.452. The second-order valence-corrected chi connectivity index (χ2v) is 5.12. The third-order valence-corrected chi connectivity index (χ3v) is 4.10. The first-order valence-corrected chi connectivity index (χ1v) is 6.40. The van der Waals surface area contributed by atoms with E-state index in [0.29, 0.717) is 11.2 Å². The van der Waals surface area contributed by atoms with Gasteiger partial charge >= 0.3 is 5.97 Å². The Morgan fingerprint density at radius 3 is 2.25 bits per heavy atom. The van der Waals surface area contributed by atoms with Gasteiger partial charge in [0.15, 0.2) is 11.2 Å². The average Bonchev–Trinajstić information content (AvgIpc) is 3.23. The summed E-state index contributed by atoms with van der Waals surface area (Å²) in [6, 6.07) is 14.1. The van der Waals surface area contributed by atoms with Crippen molar-refractivity contribution < 1.29 is 14.3 Å². The molecule has 0 aliphatic heterocycles. The monoisotopic (exact) mass is 260 g/mol. The summed E-state index contributed by atoms with van der Waals surface area (Å²) in [4.78, 5) is 11.5. The van der Waals surface area contributed by atoms with E-state index in [9.17, 15) is 9.90 Å². The van der Waals surface area contributed by atoms with Gasteiger partial charge in [-0.2, -0.15) is 0 Å². The lowest BCUT2D eigenvalue weighted by Crippen LogP contribution is -1.97. The van der Waals surface area contributed by atoms with Crippen molar-refractivity contribution in [1.29, 1.82) is 0 Å². The number of carboxylic acid groups (broad SMARTS) is 1. The second kappa shape index (κ2) is 3.02. The molecule has 3 nitrogen and oxygen atoms in total. The van der Waals surface area contributed by atoms with Crippen molar-refractivity contribution >= 4 is 49.5 Å². The van der Waals surface area contributed by atoms with E-state index in [-0.39, 0.29) is 5.56 Å². The highest BCUT2D eigenvalue weighted by atomic mass is 16.4. The van der Waals surface area contributed by atoms with Crippen LogP contribution in [0.15, 0.2) is 46.9 Å². The molecule has 20 heavy (non-hydrogen) atoms. The maximum Gasteiger partial charge on any atom is 0.340 e. The van der Waals surface area contributed by atoms with Crippen LogP contribution >= 0.6 is 0 Å². The molecule has 0 spiro atoms. The fraction of sp³-hybridized carbons (Fsp3) is 0. The van der Waals surface area contributed by atoms with Crippen LogP contribution in [0.25, 0.3) is 43.5 Å². The number of carboxylic acids is 1. The Kier molecular flexibility index (Phi) is 1.51. The molecule has 5 aromatic rings. The summed E-state index contributed by atoms with van der Waals surface area (Å²) in [5.41, 5.74) is 1.52. The molecule has 0 atom stereocenters. The van der Waals surface area contributed by atoms with Crippen LogP contribution in [0.2, 0.25) is 0 Å². The molecule has 0 radical (unpaired) electrons. The summed E-state index contributed by atoms with van der Waals surface area (Å²) in [6.07, 6.45) is 0. The van der Waals surface area contributed by atoms with Crippen LogP contribution in [-0.4, -0.2) is 11.1 Å². The molecule has 0 amide bonds. The highest BCUT2D eigenvalue weighted by molar-refractivity contribution is 6.33. The molecule has 3 heteroatoms. The summed E-state index contributed by atoms with van der Waals surface area (Å²) in [5.74, 6) is -0.934.